The van der Waals surface area contributed by atoms with Gasteiger partial charge in [-0.05, 0) is 91.0 Å². The third kappa shape index (κ3) is 5.24. The quantitative estimate of drug-likeness (QED) is 0.299. The molecule has 13 heteroatoms. The Morgan fingerprint density at radius 3 is 2.50 bits per heavy atom. The molecule has 7 rings (SSSR count). The maximum atomic E-state index is 14.0. The first-order chi connectivity index (χ1) is 19.0. The standard InChI is InChI=1S/C27H23F6N5OS/c28-26(29,30)18-3-1-16(20(11-18)27(31,32)33)10-19(15-2-4-21-17(9-15)12-34-37-21)23-24(39)36-25(40-23)35-22-13-38-7-5-14(22)6-8-38/h1-4,9,11-12,14,22H,5-8,10,13H2,(H,34,37)(H,35,36,39)/t22-/m0/s1. The Bertz CT molecular complexity index is 1530. The maximum Gasteiger partial charge on any atom is 0.416 e. The first-order valence-electron chi connectivity index (χ1n) is 12.7. The Labute approximate surface area is 228 Å². The van der Waals surface area contributed by atoms with Gasteiger partial charge in [-0.15, -0.1) is 0 Å². The number of fused-ring (bicyclic) bond motifs is 4. The molecule has 0 radical (unpaired) electrons. The van der Waals surface area contributed by atoms with E-state index in [0.717, 1.165) is 50.3 Å². The highest BCUT2D eigenvalue weighted by atomic mass is 32.2. The van der Waals surface area contributed by atoms with Crippen molar-refractivity contribution in [2.24, 2.45) is 10.9 Å². The van der Waals surface area contributed by atoms with Crippen molar-refractivity contribution in [3.63, 3.8) is 0 Å². The van der Waals surface area contributed by atoms with Crippen LogP contribution in [0, 0.1) is 5.92 Å². The summed E-state index contributed by atoms with van der Waals surface area (Å²) in [5.74, 6) is -0.155. The normalized spacial score (nSPS) is 24.5. The van der Waals surface area contributed by atoms with Crippen molar-refractivity contribution in [2.75, 3.05) is 19.6 Å². The van der Waals surface area contributed by atoms with Crippen LogP contribution in [-0.2, 0) is 23.6 Å². The van der Waals surface area contributed by atoms with Gasteiger partial charge < -0.3 is 10.2 Å². The number of halogens is 6. The molecule has 0 spiro atoms. The summed E-state index contributed by atoms with van der Waals surface area (Å²) >= 11 is 1.06. The number of rotatable bonds is 4. The van der Waals surface area contributed by atoms with Gasteiger partial charge in [0.2, 0.25) is 0 Å². The van der Waals surface area contributed by atoms with Gasteiger partial charge in [0.25, 0.3) is 5.91 Å². The van der Waals surface area contributed by atoms with Crippen LogP contribution in [-0.4, -0.2) is 51.8 Å². The Kier molecular flexibility index (Phi) is 6.68. The number of hydrogen-bond donors (Lipinski definition) is 2. The summed E-state index contributed by atoms with van der Waals surface area (Å²) in [5.41, 5.74) is -1.77. The molecule has 2 aromatic carbocycles. The highest BCUT2D eigenvalue weighted by Crippen LogP contribution is 2.41. The molecule has 6 nitrogen and oxygen atoms in total. The monoisotopic (exact) mass is 579 g/mol. The fourth-order valence-corrected chi connectivity index (χ4v) is 6.63. The second-order valence-corrected chi connectivity index (χ2v) is 11.2. The molecule has 0 unspecified atom stereocenters. The zero-order valence-electron chi connectivity index (χ0n) is 20.9. The predicted molar refractivity (Wildman–Crippen MR) is 139 cm³/mol. The van der Waals surface area contributed by atoms with Gasteiger partial charge in [-0.1, -0.05) is 12.1 Å². The van der Waals surface area contributed by atoms with E-state index in [1.807, 2.05) is 0 Å². The second-order valence-electron chi connectivity index (χ2n) is 10.2. The van der Waals surface area contributed by atoms with E-state index >= 15 is 0 Å². The number of nitrogens with one attached hydrogen (secondary N) is 2. The molecule has 2 bridgehead atoms. The Balaban J connectivity index is 1.39. The van der Waals surface area contributed by atoms with Crippen LogP contribution in [0.25, 0.3) is 16.5 Å². The van der Waals surface area contributed by atoms with Crippen molar-refractivity contribution in [3.8, 4) is 0 Å². The van der Waals surface area contributed by atoms with Crippen molar-refractivity contribution >= 4 is 39.3 Å². The van der Waals surface area contributed by atoms with Gasteiger partial charge in [-0.25, -0.2) is 0 Å². The molecule has 2 N–H and O–H groups in total. The number of aliphatic imine (C=N–C) groups is 1. The van der Waals surface area contributed by atoms with Gasteiger partial charge in [0.15, 0.2) is 5.17 Å². The number of aromatic amines is 1. The van der Waals surface area contributed by atoms with E-state index in [4.69, 9.17) is 0 Å². The van der Waals surface area contributed by atoms with E-state index < -0.39 is 35.8 Å². The lowest BCUT2D eigenvalue weighted by Gasteiger charge is -2.45. The summed E-state index contributed by atoms with van der Waals surface area (Å²) in [5, 5.41) is 11.2. The fraction of sp³-hybridized carbons (Fsp3) is 0.370. The number of amidine groups is 1. The second kappa shape index (κ2) is 9.95. The van der Waals surface area contributed by atoms with Crippen molar-refractivity contribution in [2.45, 2.75) is 37.7 Å². The van der Waals surface area contributed by atoms with E-state index in [1.165, 1.54) is 0 Å². The van der Waals surface area contributed by atoms with E-state index in [1.54, 1.807) is 24.4 Å². The number of hydrogen-bond acceptors (Lipinski definition) is 5. The zero-order valence-corrected chi connectivity index (χ0v) is 21.7. The molecule has 5 heterocycles. The average molecular weight is 580 g/mol. The van der Waals surface area contributed by atoms with E-state index in [-0.39, 0.29) is 28.1 Å². The van der Waals surface area contributed by atoms with Gasteiger partial charge in [-0.3, -0.25) is 9.89 Å². The summed E-state index contributed by atoms with van der Waals surface area (Å²) in [6.45, 7) is 2.88. The van der Waals surface area contributed by atoms with Crippen molar-refractivity contribution in [1.82, 2.24) is 20.4 Å². The number of aromatic nitrogens is 2. The number of H-pyrrole nitrogens is 1. The lowest BCUT2D eigenvalue weighted by atomic mass is 9.84. The Hall–Kier alpha value is -3.32. The van der Waals surface area contributed by atoms with Crippen LogP contribution in [0.1, 0.15) is 35.1 Å². The van der Waals surface area contributed by atoms with Crippen molar-refractivity contribution in [1.29, 1.82) is 0 Å². The third-order valence-corrected chi connectivity index (χ3v) is 8.76. The van der Waals surface area contributed by atoms with Crippen LogP contribution in [0.15, 0.2) is 52.5 Å². The number of piperidine rings is 3. The van der Waals surface area contributed by atoms with Gasteiger partial charge in [0, 0.05) is 18.0 Å². The van der Waals surface area contributed by atoms with E-state index in [0.29, 0.717) is 33.6 Å². The molecule has 0 saturated carbocycles. The van der Waals surface area contributed by atoms with Crippen molar-refractivity contribution in [3.05, 3.63) is 69.8 Å². The first-order valence-corrected chi connectivity index (χ1v) is 13.5. The zero-order chi connectivity index (χ0) is 28.2. The largest absolute Gasteiger partial charge is 0.416 e. The van der Waals surface area contributed by atoms with Gasteiger partial charge in [-0.2, -0.15) is 36.4 Å². The number of benzene rings is 2. The van der Waals surface area contributed by atoms with Crippen LogP contribution in [0.3, 0.4) is 0 Å². The lowest BCUT2D eigenvalue weighted by Crippen LogP contribution is -2.56. The molecule has 1 amide bonds. The molecule has 3 saturated heterocycles. The van der Waals surface area contributed by atoms with Crippen LogP contribution in [0.5, 0.6) is 0 Å². The lowest BCUT2D eigenvalue weighted by molar-refractivity contribution is -0.143. The van der Waals surface area contributed by atoms with E-state index in [9.17, 15) is 31.1 Å². The van der Waals surface area contributed by atoms with Crippen LogP contribution < -0.4 is 5.32 Å². The van der Waals surface area contributed by atoms with Crippen LogP contribution in [0.4, 0.5) is 26.3 Å². The number of carbonyl (C=O) groups is 1. The molecule has 210 valence electrons. The SMILES string of the molecule is O=C1N=C(N[C@H]2CN3CCC2CC3)SC1=C(Cc1ccc(C(F)(F)F)cc1C(F)(F)F)c1ccc2[nH]ncc2c1. The summed E-state index contributed by atoms with van der Waals surface area (Å²) in [4.78, 5) is 19.8. The molecular formula is C27H23F6N5OS. The summed E-state index contributed by atoms with van der Waals surface area (Å²) in [6.07, 6.45) is -6.78. The number of alkyl halides is 6. The molecule has 3 fully saturated rings. The molecule has 4 aliphatic rings. The molecule has 1 atom stereocenters. The van der Waals surface area contributed by atoms with Crippen LogP contribution >= 0.6 is 11.8 Å². The summed E-state index contributed by atoms with van der Waals surface area (Å²) in [7, 11) is 0. The molecule has 4 aliphatic heterocycles. The van der Waals surface area contributed by atoms with Gasteiger partial charge >= 0.3 is 12.4 Å². The van der Waals surface area contributed by atoms with Crippen molar-refractivity contribution < 1.29 is 31.1 Å². The number of thioether (sulfide) groups is 1. The molecule has 1 aromatic heterocycles. The number of amides is 1. The van der Waals surface area contributed by atoms with Gasteiger partial charge in [0.1, 0.15) is 0 Å². The Morgan fingerprint density at radius 1 is 1.05 bits per heavy atom. The third-order valence-electron chi connectivity index (χ3n) is 7.73. The molecule has 3 aromatic rings. The molecule has 0 aliphatic carbocycles. The highest BCUT2D eigenvalue weighted by molar-refractivity contribution is 8.18. The number of carbonyl (C=O) groups excluding carboxylic acids is 1. The topological polar surface area (TPSA) is 73.4 Å². The number of allylic oxidation sites excluding steroid dienone is 1. The minimum Gasteiger partial charge on any atom is -0.360 e. The first kappa shape index (κ1) is 26.9. The minimum atomic E-state index is -5.04. The number of nitrogens with zero attached hydrogens (tertiary/aromatic N) is 3. The highest BCUT2D eigenvalue weighted by Gasteiger charge is 2.39. The smallest absolute Gasteiger partial charge is 0.360 e. The predicted octanol–water partition coefficient (Wildman–Crippen LogP) is 5.87. The summed E-state index contributed by atoms with van der Waals surface area (Å²) < 4.78 is 81.7. The molecular weight excluding hydrogens is 556 g/mol. The Morgan fingerprint density at radius 2 is 1.82 bits per heavy atom. The van der Waals surface area contributed by atoms with Crippen LogP contribution in [0.2, 0.25) is 0 Å². The fourth-order valence-electron chi connectivity index (χ4n) is 5.65. The molecule has 40 heavy (non-hydrogen) atoms. The minimum absolute atomic E-state index is 0.110. The summed E-state index contributed by atoms with van der Waals surface area (Å²) in [6, 6.07) is 6.72. The average Bonchev–Trinajstić information content (AvgIpc) is 3.52. The van der Waals surface area contributed by atoms with Gasteiger partial charge in [0.05, 0.1) is 27.7 Å². The van der Waals surface area contributed by atoms with E-state index in [2.05, 4.69) is 25.4 Å². The maximum absolute atomic E-state index is 14.0.